The lowest BCUT2D eigenvalue weighted by Crippen LogP contribution is -2.56. The van der Waals surface area contributed by atoms with E-state index in [1.165, 1.54) is 42.4 Å². The second kappa shape index (κ2) is 16.9. The van der Waals surface area contributed by atoms with Crippen LogP contribution in [0.5, 0.6) is 0 Å². The highest BCUT2D eigenvalue weighted by molar-refractivity contribution is 7.90. The van der Waals surface area contributed by atoms with Gasteiger partial charge in [-0.3, -0.25) is 14.4 Å². The molecule has 6 rings (SSSR count). The van der Waals surface area contributed by atoms with Crippen molar-refractivity contribution in [2.45, 2.75) is 50.6 Å². The van der Waals surface area contributed by atoms with Gasteiger partial charge in [-0.1, -0.05) is 76.9 Å². The van der Waals surface area contributed by atoms with Crippen LogP contribution < -0.4 is 10.0 Å². The van der Waals surface area contributed by atoms with Gasteiger partial charge < -0.3 is 24.5 Å². The summed E-state index contributed by atoms with van der Waals surface area (Å²) in [6.45, 7) is 5.34. The van der Waals surface area contributed by atoms with Crippen LogP contribution in [0.3, 0.4) is 0 Å². The Bertz CT molecular complexity index is 2470. The molecule has 2 atom stereocenters. The standard InChI is InChI=1S/C42H41N5O8S/c1-5-54-42(51)33-11-7-9-13-38(33)56(52,53)46-39(48)35(24-31-25-43-34-12-8-6-10-32(31)34)45-40(49)36(47(4)41(50)30-21-26(2)20-27(3)22-30)23-28-14-16-29(17-15-28)37-18-19-44-55-37/h6-22,25,35-36,43H,5,23-24H2,1-4H3,(H,45,49)(H,46,48)/t35-,36+/m0/s1. The first kappa shape index (κ1) is 39.2. The summed E-state index contributed by atoms with van der Waals surface area (Å²) in [5, 5.41) is 7.30. The maximum absolute atomic E-state index is 14.5. The van der Waals surface area contributed by atoms with Crippen molar-refractivity contribution in [2.24, 2.45) is 0 Å². The van der Waals surface area contributed by atoms with Crippen LogP contribution in [0.4, 0.5) is 0 Å². The summed E-state index contributed by atoms with van der Waals surface area (Å²) < 4.78 is 39.9. The molecule has 4 aromatic carbocycles. The Labute approximate surface area is 324 Å². The van der Waals surface area contributed by atoms with E-state index in [2.05, 4.69) is 20.2 Å². The fraction of sp³-hybridized carbons (Fsp3) is 0.214. The van der Waals surface area contributed by atoms with Crippen LogP contribution in [-0.2, 0) is 37.2 Å². The molecule has 2 aromatic heterocycles. The lowest BCUT2D eigenvalue weighted by Gasteiger charge is -2.29. The summed E-state index contributed by atoms with van der Waals surface area (Å²) in [7, 11) is -3.14. The Morgan fingerprint density at radius 2 is 1.57 bits per heavy atom. The third kappa shape index (κ3) is 8.87. The predicted molar refractivity (Wildman–Crippen MR) is 209 cm³/mol. The number of nitrogens with one attached hydrogen (secondary N) is 3. The van der Waals surface area contributed by atoms with E-state index < -0.39 is 50.7 Å². The number of likely N-dealkylation sites (N-methyl/N-ethyl adjacent to an activating group) is 1. The Hall–Kier alpha value is -6.54. The average molecular weight is 776 g/mol. The van der Waals surface area contributed by atoms with Gasteiger partial charge in [0.05, 0.1) is 18.4 Å². The van der Waals surface area contributed by atoms with Crippen molar-refractivity contribution >= 4 is 44.6 Å². The lowest BCUT2D eigenvalue weighted by atomic mass is 9.99. The zero-order valence-corrected chi connectivity index (χ0v) is 32.1. The number of nitrogens with zero attached hydrogens (tertiary/aromatic N) is 2. The van der Waals surface area contributed by atoms with E-state index >= 15 is 0 Å². The number of H-pyrrole nitrogens is 1. The van der Waals surface area contributed by atoms with Gasteiger partial charge in [0.15, 0.2) is 5.76 Å². The number of ether oxygens (including phenoxy) is 1. The maximum atomic E-state index is 14.5. The van der Waals surface area contributed by atoms with Gasteiger partial charge in [-0.15, -0.1) is 0 Å². The molecule has 14 heteroatoms. The zero-order valence-electron chi connectivity index (χ0n) is 31.2. The monoisotopic (exact) mass is 775 g/mol. The highest BCUT2D eigenvalue weighted by Gasteiger charge is 2.34. The summed E-state index contributed by atoms with van der Waals surface area (Å²) in [5.74, 6) is -2.50. The van der Waals surface area contributed by atoms with Crippen LogP contribution in [0.25, 0.3) is 22.2 Å². The van der Waals surface area contributed by atoms with Gasteiger partial charge in [-0.25, -0.2) is 17.9 Å². The number of aryl methyl sites for hydroxylation is 2. The van der Waals surface area contributed by atoms with Crippen molar-refractivity contribution in [1.29, 1.82) is 0 Å². The van der Waals surface area contributed by atoms with Crippen LogP contribution in [0.1, 0.15) is 49.9 Å². The second-order valence-electron chi connectivity index (χ2n) is 13.4. The van der Waals surface area contributed by atoms with E-state index in [0.717, 1.165) is 27.6 Å². The van der Waals surface area contributed by atoms with E-state index in [1.807, 2.05) is 56.3 Å². The number of esters is 1. The van der Waals surface area contributed by atoms with Crippen molar-refractivity contribution in [2.75, 3.05) is 13.7 Å². The molecule has 3 amide bonds. The number of carbonyl (C=O) groups is 4. The molecule has 0 aliphatic rings. The first-order chi connectivity index (χ1) is 26.8. The van der Waals surface area contributed by atoms with Gasteiger partial charge in [0, 0.05) is 54.2 Å². The van der Waals surface area contributed by atoms with Crippen molar-refractivity contribution in [3.63, 3.8) is 0 Å². The van der Waals surface area contributed by atoms with E-state index in [1.54, 1.807) is 43.5 Å². The molecule has 288 valence electrons. The number of hydrogen-bond acceptors (Lipinski definition) is 9. The second-order valence-corrected chi connectivity index (χ2v) is 15.0. The number of benzene rings is 4. The Morgan fingerprint density at radius 3 is 2.27 bits per heavy atom. The maximum Gasteiger partial charge on any atom is 0.339 e. The molecule has 0 aliphatic heterocycles. The molecule has 6 aromatic rings. The Morgan fingerprint density at radius 1 is 0.875 bits per heavy atom. The van der Waals surface area contributed by atoms with Crippen LogP contribution in [0.2, 0.25) is 0 Å². The van der Waals surface area contributed by atoms with Crippen molar-refractivity contribution in [3.05, 3.63) is 143 Å². The molecule has 0 saturated carbocycles. The number of fused-ring (bicyclic) bond motifs is 1. The van der Waals surface area contributed by atoms with Gasteiger partial charge in [-0.2, -0.15) is 0 Å². The molecule has 56 heavy (non-hydrogen) atoms. The first-order valence-electron chi connectivity index (χ1n) is 17.9. The Kier molecular flexibility index (Phi) is 11.8. The smallest absolute Gasteiger partial charge is 0.339 e. The molecule has 0 saturated heterocycles. The van der Waals surface area contributed by atoms with E-state index in [4.69, 9.17) is 9.26 Å². The molecule has 0 fully saturated rings. The molecule has 0 bridgehead atoms. The number of sulfonamides is 1. The summed E-state index contributed by atoms with van der Waals surface area (Å²) in [5.41, 5.74) is 4.71. The van der Waals surface area contributed by atoms with E-state index in [9.17, 15) is 27.6 Å². The molecular weight excluding hydrogens is 735 g/mol. The molecule has 0 spiro atoms. The number of hydrogen-bond donors (Lipinski definition) is 3. The van der Waals surface area contributed by atoms with Gasteiger partial charge in [0.1, 0.15) is 17.0 Å². The van der Waals surface area contributed by atoms with Crippen molar-refractivity contribution in [1.82, 2.24) is 25.1 Å². The number of para-hydroxylation sites is 1. The minimum absolute atomic E-state index is 0.00546. The quantitative estimate of drug-likeness (QED) is 0.120. The number of rotatable bonds is 14. The molecule has 0 radical (unpaired) electrons. The molecule has 13 nitrogen and oxygen atoms in total. The van der Waals surface area contributed by atoms with Crippen LogP contribution in [-0.4, -0.2) is 72.9 Å². The Balaban J connectivity index is 1.35. The summed E-state index contributed by atoms with van der Waals surface area (Å²) in [6, 6.07) is 24.5. The molecular formula is C42H41N5O8S. The van der Waals surface area contributed by atoms with E-state index in [0.29, 0.717) is 22.5 Å². The summed E-state index contributed by atoms with van der Waals surface area (Å²) >= 11 is 0. The fourth-order valence-electron chi connectivity index (χ4n) is 6.58. The normalized spacial score (nSPS) is 12.4. The number of aromatic amines is 1. The van der Waals surface area contributed by atoms with Crippen LogP contribution in [0, 0.1) is 13.8 Å². The number of aromatic nitrogens is 2. The zero-order chi connectivity index (χ0) is 40.0. The van der Waals surface area contributed by atoms with Gasteiger partial charge >= 0.3 is 5.97 Å². The minimum atomic E-state index is -4.66. The topological polar surface area (TPSA) is 181 Å². The molecule has 2 heterocycles. The lowest BCUT2D eigenvalue weighted by molar-refractivity contribution is -0.130. The third-order valence-corrected chi connectivity index (χ3v) is 10.7. The van der Waals surface area contributed by atoms with Gasteiger partial charge in [0.2, 0.25) is 5.91 Å². The van der Waals surface area contributed by atoms with Crippen molar-refractivity contribution < 1.29 is 36.9 Å². The fourth-order valence-corrected chi connectivity index (χ4v) is 7.79. The van der Waals surface area contributed by atoms with Crippen molar-refractivity contribution in [3.8, 4) is 11.3 Å². The first-order valence-corrected chi connectivity index (χ1v) is 19.4. The minimum Gasteiger partial charge on any atom is -0.462 e. The largest absolute Gasteiger partial charge is 0.462 e. The predicted octanol–water partition coefficient (Wildman–Crippen LogP) is 5.53. The number of carbonyl (C=O) groups excluding carboxylic acids is 4. The summed E-state index contributed by atoms with van der Waals surface area (Å²) in [4.78, 5) is 59.4. The van der Waals surface area contributed by atoms with E-state index in [-0.39, 0.29) is 25.0 Å². The molecule has 0 unspecified atom stereocenters. The summed E-state index contributed by atoms with van der Waals surface area (Å²) in [6.07, 6.45) is 3.14. The molecule has 3 N–H and O–H groups in total. The third-order valence-electron chi connectivity index (χ3n) is 9.30. The van der Waals surface area contributed by atoms with Crippen LogP contribution >= 0.6 is 0 Å². The van der Waals surface area contributed by atoms with Gasteiger partial charge in [-0.05, 0) is 62.2 Å². The molecule has 0 aliphatic carbocycles. The van der Waals surface area contributed by atoms with Gasteiger partial charge in [0.25, 0.3) is 21.8 Å². The average Bonchev–Trinajstić information content (AvgIpc) is 3.87. The van der Waals surface area contributed by atoms with Crippen LogP contribution in [0.15, 0.2) is 119 Å². The SMILES string of the molecule is CCOC(=O)c1ccccc1S(=O)(=O)NC(=O)[C@H](Cc1c[nH]c2ccccc12)NC(=O)[C@@H](Cc1ccc(-c2ccno2)cc1)N(C)C(=O)c1cc(C)cc(C)c1. The highest BCUT2D eigenvalue weighted by atomic mass is 32.2. The number of amides is 3. The highest BCUT2D eigenvalue weighted by Crippen LogP contribution is 2.23.